The zero-order valence-corrected chi connectivity index (χ0v) is 15.5. The van der Waals surface area contributed by atoms with Gasteiger partial charge in [0.15, 0.2) is 0 Å². The maximum Gasteiger partial charge on any atom is 0.276 e. The Bertz CT molecular complexity index is 1130. The normalized spacial score (nSPS) is 18.1. The summed E-state index contributed by atoms with van der Waals surface area (Å²) in [6.45, 7) is 0.0845. The van der Waals surface area contributed by atoms with Crippen LogP contribution in [-0.2, 0) is 16.6 Å². The van der Waals surface area contributed by atoms with Crippen molar-refractivity contribution in [2.45, 2.75) is 17.6 Å². The Hall–Kier alpha value is -3.23. The van der Waals surface area contributed by atoms with Crippen molar-refractivity contribution in [3.63, 3.8) is 0 Å². The third-order valence-electron chi connectivity index (χ3n) is 4.66. The molecule has 0 fully saturated rings. The molecular weight excluding hydrogens is 378 g/mol. The van der Waals surface area contributed by atoms with E-state index >= 15 is 0 Å². The van der Waals surface area contributed by atoms with Crippen molar-refractivity contribution in [3.05, 3.63) is 100 Å². The number of nitro benzene ring substituents is 1. The molecule has 0 saturated carbocycles. The molecule has 1 N–H and O–H groups in total. The second-order valence-electron chi connectivity index (χ2n) is 6.39. The molecule has 1 atom stereocenters. The quantitative estimate of drug-likeness (QED) is 0.534. The minimum Gasteiger partial charge on any atom is -0.364 e. The van der Waals surface area contributed by atoms with Gasteiger partial charge in [0.05, 0.1) is 16.2 Å². The van der Waals surface area contributed by atoms with E-state index < -0.39 is 21.1 Å². The van der Waals surface area contributed by atoms with Crippen LogP contribution in [0.2, 0.25) is 0 Å². The summed E-state index contributed by atoms with van der Waals surface area (Å²) in [7, 11) is -3.87. The predicted molar refractivity (Wildman–Crippen MR) is 105 cm³/mol. The first-order valence-corrected chi connectivity index (χ1v) is 10.1. The van der Waals surface area contributed by atoms with Crippen LogP contribution in [0.5, 0.6) is 0 Å². The smallest absolute Gasteiger partial charge is 0.276 e. The Morgan fingerprint density at radius 1 is 0.929 bits per heavy atom. The lowest BCUT2D eigenvalue weighted by Crippen LogP contribution is -2.42. The molecule has 28 heavy (non-hydrogen) atoms. The number of hydrogen-bond donors (Lipinski definition) is 1. The van der Waals surface area contributed by atoms with E-state index in [4.69, 9.17) is 0 Å². The van der Waals surface area contributed by atoms with Crippen LogP contribution in [-0.4, -0.2) is 17.6 Å². The number of anilines is 1. The molecule has 3 aromatic rings. The second-order valence-corrected chi connectivity index (χ2v) is 8.25. The number of fused-ring (bicyclic) bond motifs is 1. The highest BCUT2D eigenvalue weighted by molar-refractivity contribution is 7.89. The lowest BCUT2D eigenvalue weighted by Gasteiger charge is -2.37. The number of sulfonamides is 1. The molecule has 0 aromatic heterocycles. The average molecular weight is 395 g/mol. The zero-order chi connectivity index (χ0) is 19.7. The number of rotatable bonds is 4. The fourth-order valence-corrected chi connectivity index (χ4v) is 5.02. The van der Waals surface area contributed by atoms with Crippen LogP contribution in [0.3, 0.4) is 0 Å². The van der Waals surface area contributed by atoms with Crippen molar-refractivity contribution in [1.82, 2.24) is 4.31 Å². The van der Waals surface area contributed by atoms with E-state index in [0.717, 1.165) is 5.56 Å². The van der Waals surface area contributed by atoms with Crippen LogP contribution < -0.4 is 5.32 Å². The number of nitro groups is 1. The van der Waals surface area contributed by atoms with Gasteiger partial charge in [-0.25, -0.2) is 8.42 Å². The number of hydrogen-bond acceptors (Lipinski definition) is 5. The molecule has 0 saturated heterocycles. The van der Waals surface area contributed by atoms with Crippen molar-refractivity contribution < 1.29 is 13.3 Å². The van der Waals surface area contributed by atoms with E-state index in [-0.39, 0.29) is 17.1 Å². The molecule has 142 valence electrons. The van der Waals surface area contributed by atoms with E-state index in [0.29, 0.717) is 11.3 Å². The maximum atomic E-state index is 13.4. The maximum absolute atomic E-state index is 13.4. The minimum absolute atomic E-state index is 0.0845. The van der Waals surface area contributed by atoms with Gasteiger partial charge in [-0.05, 0) is 23.8 Å². The molecule has 8 heteroatoms. The van der Waals surface area contributed by atoms with E-state index in [1.165, 1.54) is 16.4 Å². The van der Waals surface area contributed by atoms with E-state index in [9.17, 15) is 18.5 Å². The average Bonchev–Trinajstić information content (AvgIpc) is 2.71. The zero-order valence-electron chi connectivity index (χ0n) is 14.7. The van der Waals surface area contributed by atoms with Gasteiger partial charge < -0.3 is 5.32 Å². The van der Waals surface area contributed by atoms with Crippen LogP contribution >= 0.6 is 0 Å². The lowest BCUT2D eigenvalue weighted by molar-refractivity contribution is -0.385. The van der Waals surface area contributed by atoms with Gasteiger partial charge in [0.1, 0.15) is 11.1 Å². The van der Waals surface area contributed by atoms with Crippen molar-refractivity contribution >= 4 is 21.4 Å². The standard InChI is InChI=1S/C20H17N3O4S/c24-23(25)18-12-6-4-10-16(18)20-21-17-11-5-7-13-19(17)28(26,27)22(20)14-15-8-2-1-3-9-15/h1-13,20-21H,14H2/t20-/m0/s1. The fourth-order valence-electron chi connectivity index (χ4n) is 3.35. The summed E-state index contributed by atoms with van der Waals surface area (Å²) in [6.07, 6.45) is -0.901. The first kappa shape index (κ1) is 18.1. The summed E-state index contributed by atoms with van der Waals surface area (Å²) >= 11 is 0. The topological polar surface area (TPSA) is 92.5 Å². The fraction of sp³-hybridized carbons (Fsp3) is 0.100. The van der Waals surface area contributed by atoms with Crippen LogP contribution in [0.25, 0.3) is 0 Å². The summed E-state index contributed by atoms with van der Waals surface area (Å²) in [5, 5.41) is 14.7. The van der Waals surface area contributed by atoms with Crippen LogP contribution in [0.1, 0.15) is 17.3 Å². The largest absolute Gasteiger partial charge is 0.364 e. The molecule has 3 aromatic carbocycles. The third kappa shape index (κ3) is 3.12. The molecule has 0 bridgehead atoms. The summed E-state index contributed by atoms with van der Waals surface area (Å²) in [4.78, 5) is 11.2. The van der Waals surface area contributed by atoms with E-state index in [1.54, 1.807) is 36.4 Å². The number of benzene rings is 3. The predicted octanol–water partition coefficient (Wildman–Crippen LogP) is 3.91. The van der Waals surface area contributed by atoms with Gasteiger partial charge >= 0.3 is 0 Å². The molecule has 1 aliphatic rings. The van der Waals surface area contributed by atoms with Crippen LogP contribution in [0.15, 0.2) is 83.8 Å². The SMILES string of the molecule is O=[N+]([O-])c1ccccc1[C@H]1Nc2ccccc2S(=O)(=O)N1Cc1ccccc1. The van der Waals surface area contributed by atoms with Crippen molar-refractivity contribution in [3.8, 4) is 0 Å². The van der Waals surface area contributed by atoms with Crippen LogP contribution in [0.4, 0.5) is 11.4 Å². The van der Waals surface area contributed by atoms with Crippen molar-refractivity contribution in [1.29, 1.82) is 0 Å². The highest BCUT2D eigenvalue weighted by atomic mass is 32.2. The van der Waals surface area contributed by atoms with Gasteiger partial charge in [-0.3, -0.25) is 10.1 Å². The van der Waals surface area contributed by atoms with E-state index in [1.807, 2.05) is 30.3 Å². The van der Waals surface area contributed by atoms with Gasteiger partial charge in [-0.1, -0.05) is 54.6 Å². The van der Waals surface area contributed by atoms with Gasteiger partial charge in [-0.15, -0.1) is 0 Å². The summed E-state index contributed by atoms with van der Waals surface area (Å²) in [5.41, 5.74) is 1.37. The Kier molecular flexibility index (Phi) is 4.58. The highest BCUT2D eigenvalue weighted by Gasteiger charge is 2.41. The molecule has 1 heterocycles. The molecule has 0 aliphatic carbocycles. The minimum atomic E-state index is -3.87. The van der Waals surface area contributed by atoms with Gasteiger partial charge in [0.2, 0.25) is 10.0 Å². The Morgan fingerprint density at radius 3 is 2.32 bits per heavy atom. The summed E-state index contributed by atoms with van der Waals surface area (Å²) in [6, 6.07) is 21.9. The summed E-state index contributed by atoms with van der Waals surface area (Å²) < 4.78 is 28.0. The van der Waals surface area contributed by atoms with E-state index in [2.05, 4.69) is 5.32 Å². The number of nitrogens with one attached hydrogen (secondary N) is 1. The Balaban J connectivity index is 1.89. The first-order chi connectivity index (χ1) is 13.5. The highest BCUT2D eigenvalue weighted by Crippen LogP contribution is 2.41. The molecular formula is C20H17N3O4S. The van der Waals surface area contributed by atoms with Gasteiger partial charge in [0, 0.05) is 12.6 Å². The van der Waals surface area contributed by atoms with Crippen molar-refractivity contribution in [2.24, 2.45) is 0 Å². The summed E-state index contributed by atoms with van der Waals surface area (Å²) in [5.74, 6) is 0. The van der Waals surface area contributed by atoms with Gasteiger partial charge in [0.25, 0.3) is 5.69 Å². The Labute approximate surface area is 162 Å². The van der Waals surface area contributed by atoms with Crippen molar-refractivity contribution in [2.75, 3.05) is 5.32 Å². The monoisotopic (exact) mass is 395 g/mol. The third-order valence-corrected chi connectivity index (χ3v) is 6.53. The van der Waals surface area contributed by atoms with Gasteiger partial charge in [-0.2, -0.15) is 4.31 Å². The van der Waals surface area contributed by atoms with Crippen LogP contribution in [0, 0.1) is 10.1 Å². The molecule has 0 amide bonds. The molecule has 7 nitrogen and oxygen atoms in total. The Morgan fingerprint density at radius 2 is 1.57 bits per heavy atom. The molecule has 0 unspecified atom stereocenters. The lowest BCUT2D eigenvalue weighted by atomic mass is 10.1. The second kappa shape index (κ2) is 7.06. The molecule has 4 rings (SSSR count). The molecule has 0 radical (unpaired) electrons. The molecule has 0 spiro atoms. The first-order valence-electron chi connectivity index (χ1n) is 8.63. The number of para-hydroxylation sites is 2. The molecule has 1 aliphatic heterocycles. The number of nitrogens with zero attached hydrogens (tertiary/aromatic N) is 2.